The van der Waals surface area contributed by atoms with Crippen molar-refractivity contribution in [2.45, 2.75) is 25.8 Å². The first-order valence-electron chi connectivity index (χ1n) is 4.95. The van der Waals surface area contributed by atoms with Gasteiger partial charge in [0.05, 0.1) is 5.56 Å². The molecule has 0 saturated carbocycles. The minimum absolute atomic E-state index is 0.106. The van der Waals surface area contributed by atoms with E-state index < -0.39 is 23.8 Å². The molecule has 0 aliphatic rings. The van der Waals surface area contributed by atoms with E-state index in [1.54, 1.807) is 6.07 Å². The van der Waals surface area contributed by atoms with E-state index in [4.69, 9.17) is 10.8 Å². The monoisotopic (exact) mass is 231 g/mol. The number of halogens is 2. The average molecular weight is 231 g/mol. The lowest BCUT2D eigenvalue weighted by atomic mass is 9.98. The third-order valence-corrected chi connectivity index (χ3v) is 2.46. The average Bonchev–Trinajstić information content (AvgIpc) is 2.21. The van der Waals surface area contributed by atoms with Crippen molar-refractivity contribution < 1.29 is 19.0 Å². The van der Waals surface area contributed by atoms with Crippen molar-refractivity contribution in [1.82, 2.24) is 0 Å². The van der Waals surface area contributed by atoms with Gasteiger partial charge in [0, 0.05) is 12.6 Å². The van der Waals surface area contributed by atoms with Crippen LogP contribution in [0.5, 0.6) is 5.75 Å². The number of aromatic hydroxyl groups is 1. The van der Waals surface area contributed by atoms with Crippen LogP contribution in [0.4, 0.5) is 8.78 Å². The topological polar surface area (TPSA) is 66.5 Å². The first-order valence-corrected chi connectivity index (χ1v) is 4.95. The highest BCUT2D eigenvalue weighted by Gasteiger charge is 2.17. The van der Waals surface area contributed by atoms with E-state index in [2.05, 4.69) is 0 Å². The van der Waals surface area contributed by atoms with Crippen LogP contribution in [-0.2, 0) is 0 Å². The number of aliphatic hydroxyl groups excluding tert-OH is 1. The number of hydrogen-bond donors (Lipinski definition) is 3. The molecule has 0 amide bonds. The van der Waals surface area contributed by atoms with Crippen LogP contribution in [0.25, 0.3) is 0 Å². The minimum Gasteiger partial charge on any atom is -0.507 e. The van der Waals surface area contributed by atoms with E-state index >= 15 is 0 Å². The van der Waals surface area contributed by atoms with Gasteiger partial charge in [0.15, 0.2) is 0 Å². The molecule has 1 aromatic carbocycles. The van der Waals surface area contributed by atoms with E-state index in [0.29, 0.717) is 17.5 Å². The van der Waals surface area contributed by atoms with E-state index in [1.807, 2.05) is 0 Å². The lowest BCUT2D eigenvalue weighted by Gasteiger charge is -2.14. The molecule has 0 aliphatic carbocycles. The second kappa shape index (κ2) is 5.23. The fourth-order valence-electron chi connectivity index (χ4n) is 1.52. The zero-order valence-corrected chi connectivity index (χ0v) is 8.95. The molecule has 1 rings (SSSR count). The van der Waals surface area contributed by atoms with Gasteiger partial charge in [-0.3, -0.25) is 0 Å². The molecule has 1 aromatic rings. The standard InChI is InChI=1S/C11H15F2NO2/c1-6-4-7(9(14)2-3-15)5-8(10(6)16)11(12)13/h4-5,9,11,15-16H,2-3,14H2,1H3. The van der Waals surface area contributed by atoms with E-state index in [-0.39, 0.29) is 6.61 Å². The van der Waals surface area contributed by atoms with Gasteiger partial charge >= 0.3 is 0 Å². The summed E-state index contributed by atoms with van der Waals surface area (Å²) >= 11 is 0. The summed E-state index contributed by atoms with van der Waals surface area (Å²) in [4.78, 5) is 0. The molecule has 90 valence electrons. The molecule has 0 radical (unpaired) electrons. The van der Waals surface area contributed by atoms with Crippen LogP contribution in [0.3, 0.4) is 0 Å². The van der Waals surface area contributed by atoms with Crippen molar-refractivity contribution in [3.63, 3.8) is 0 Å². The molecule has 0 fully saturated rings. The van der Waals surface area contributed by atoms with Crippen LogP contribution >= 0.6 is 0 Å². The summed E-state index contributed by atoms with van der Waals surface area (Å²) < 4.78 is 25.2. The molecular weight excluding hydrogens is 216 g/mol. The normalized spacial score (nSPS) is 13.1. The van der Waals surface area contributed by atoms with Crippen LogP contribution < -0.4 is 5.73 Å². The zero-order chi connectivity index (χ0) is 12.3. The highest BCUT2D eigenvalue weighted by molar-refractivity contribution is 5.44. The first-order chi connectivity index (χ1) is 7.47. The number of rotatable bonds is 4. The predicted octanol–water partition coefficient (Wildman–Crippen LogP) is 2.02. The van der Waals surface area contributed by atoms with Gasteiger partial charge in [0.25, 0.3) is 6.43 Å². The van der Waals surface area contributed by atoms with Crippen molar-refractivity contribution in [1.29, 1.82) is 0 Å². The maximum Gasteiger partial charge on any atom is 0.267 e. The van der Waals surface area contributed by atoms with E-state index in [0.717, 1.165) is 0 Å². The van der Waals surface area contributed by atoms with E-state index in [1.165, 1.54) is 13.0 Å². The largest absolute Gasteiger partial charge is 0.507 e. The maximum absolute atomic E-state index is 12.6. The third-order valence-electron chi connectivity index (χ3n) is 2.46. The lowest BCUT2D eigenvalue weighted by molar-refractivity contribution is 0.147. The fourth-order valence-corrected chi connectivity index (χ4v) is 1.52. The molecular formula is C11H15F2NO2. The Labute approximate surface area is 92.5 Å². The summed E-state index contributed by atoms with van der Waals surface area (Å²) in [7, 11) is 0. The molecule has 5 heteroatoms. The molecule has 3 nitrogen and oxygen atoms in total. The fraction of sp³-hybridized carbons (Fsp3) is 0.455. The number of aryl methyl sites for hydroxylation is 1. The van der Waals surface area contributed by atoms with Gasteiger partial charge in [-0.25, -0.2) is 8.78 Å². The van der Waals surface area contributed by atoms with Gasteiger partial charge in [-0.1, -0.05) is 6.07 Å². The van der Waals surface area contributed by atoms with Crippen LogP contribution in [-0.4, -0.2) is 16.8 Å². The number of benzene rings is 1. The second-order valence-electron chi connectivity index (χ2n) is 3.70. The summed E-state index contributed by atoms with van der Waals surface area (Å²) in [6, 6.07) is 2.25. The van der Waals surface area contributed by atoms with Gasteiger partial charge in [-0.05, 0) is 30.5 Å². The molecule has 0 bridgehead atoms. The van der Waals surface area contributed by atoms with Crippen LogP contribution in [0.2, 0.25) is 0 Å². The molecule has 0 aromatic heterocycles. The van der Waals surface area contributed by atoms with Crippen molar-refractivity contribution in [2.24, 2.45) is 5.73 Å². The Balaban J connectivity index is 3.13. The van der Waals surface area contributed by atoms with Crippen molar-refractivity contribution in [3.05, 3.63) is 28.8 Å². The number of hydrogen-bond acceptors (Lipinski definition) is 3. The Hall–Kier alpha value is -1.20. The SMILES string of the molecule is Cc1cc(C(N)CCO)cc(C(F)F)c1O. The molecule has 0 heterocycles. The minimum atomic E-state index is -2.74. The highest BCUT2D eigenvalue weighted by Crippen LogP contribution is 2.33. The maximum atomic E-state index is 12.6. The molecule has 4 N–H and O–H groups in total. The Morgan fingerprint density at radius 1 is 1.38 bits per heavy atom. The van der Waals surface area contributed by atoms with Crippen LogP contribution in [0, 0.1) is 6.92 Å². The number of alkyl halides is 2. The summed E-state index contributed by atoms with van der Waals surface area (Å²) in [5.74, 6) is -0.394. The zero-order valence-electron chi connectivity index (χ0n) is 8.95. The number of aliphatic hydroxyl groups is 1. The lowest BCUT2D eigenvalue weighted by Crippen LogP contribution is -2.12. The van der Waals surface area contributed by atoms with Crippen LogP contribution in [0.15, 0.2) is 12.1 Å². The van der Waals surface area contributed by atoms with Crippen molar-refractivity contribution in [3.8, 4) is 5.75 Å². The molecule has 0 spiro atoms. The molecule has 1 atom stereocenters. The second-order valence-corrected chi connectivity index (χ2v) is 3.70. The number of nitrogens with two attached hydrogens (primary N) is 1. The number of phenols is 1. The molecule has 16 heavy (non-hydrogen) atoms. The molecule has 0 saturated heterocycles. The Kier molecular flexibility index (Phi) is 4.20. The Bertz CT molecular complexity index is 369. The van der Waals surface area contributed by atoms with Gasteiger partial charge in [-0.15, -0.1) is 0 Å². The van der Waals surface area contributed by atoms with E-state index in [9.17, 15) is 13.9 Å². The Morgan fingerprint density at radius 3 is 2.50 bits per heavy atom. The summed E-state index contributed by atoms with van der Waals surface area (Å²) in [5.41, 5.74) is 6.16. The smallest absolute Gasteiger partial charge is 0.267 e. The van der Waals surface area contributed by atoms with Crippen molar-refractivity contribution >= 4 is 0 Å². The van der Waals surface area contributed by atoms with Gasteiger partial charge < -0.3 is 15.9 Å². The summed E-state index contributed by atoms with van der Waals surface area (Å²) in [6.45, 7) is 1.43. The summed E-state index contributed by atoms with van der Waals surface area (Å²) in [5, 5.41) is 18.2. The van der Waals surface area contributed by atoms with Gasteiger partial charge in [0.2, 0.25) is 0 Å². The van der Waals surface area contributed by atoms with Crippen LogP contribution in [0.1, 0.15) is 35.6 Å². The van der Waals surface area contributed by atoms with Gasteiger partial charge in [-0.2, -0.15) is 0 Å². The predicted molar refractivity (Wildman–Crippen MR) is 56.4 cm³/mol. The summed E-state index contributed by atoms with van der Waals surface area (Å²) in [6.07, 6.45) is -2.44. The molecule has 0 aliphatic heterocycles. The van der Waals surface area contributed by atoms with Gasteiger partial charge in [0.1, 0.15) is 5.75 Å². The third kappa shape index (κ3) is 2.68. The quantitative estimate of drug-likeness (QED) is 0.742. The highest BCUT2D eigenvalue weighted by atomic mass is 19.3. The van der Waals surface area contributed by atoms with Crippen molar-refractivity contribution in [2.75, 3.05) is 6.61 Å². The number of phenolic OH excluding ortho intramolecular Hbond substituents is 1. The Morgan fingerprint density at radius 2 is 2.00 bits per heavy atom. The first kappa shape index (κ1) is 12.9. The molecule has 1 unspecified atom stereocenters.